The molecule has 0 saturated carbocycles. The molecular formula is C48H77NO12. The van der Waals surface area contributed by atoms with Crippen LogP contribution in [0.5, 0.6) is 46.0 Å². The molecule has 0 fully saturated rings. The molecule has 2 aromatic rings. The SMILES string of the molecule is CCCCCCCCC/C(=C\c1c(C)c(OC)c(OC)c(OC)c1OC)C(=O)NCCO.CCCCCCCCC/C(=C\c1c(C)c(OC)c(OC)c(OC)c1OC)C(=O)O. The van der Waals surface area contributed by atoms with Crippen LogP contribution in [0, 0.1) is 13.8 Å². The van der Waals surface area contributed by atoms with Crippen LogP contribution in [-0.2, 0) is 9.59 Å². The lowest BCUT2D eigenvalue weighted by Gasteiger charge is -2.21. The van der Waals surface area contributed by atoms with E-state index >= 15 is 0 Å². The normalized spacial score (nSPS) is 11.3. The molecule has 346 valence electrons. The largest absolute Gasteiger partial charge is 0.492 e. The molecule has 0 aliphatic rings. The molecule has 0 atom stereocenters. The van der Waals surface area contributed by atoms with Crippen molar-refractivity contribution in [1.29, 1.82) is 0 Å². The highest BCUT2D eigenvalue weighted by Gasteiger charge is 2.27. The molecule has 61 heavy (non-hydrogen) atoms. The highest BCUT2D eigenvalue weighted by atomic mass is 16.6. The van der Waals surface area contributed by atoms with Crippen molar-refractivity contribution in [3.05, 3.63) is 33.4 Å². The van der Waals surface area contributed by atoms with Crippen LogP contribution in [0.2, 0.25) is 0 Å². The summed E-state index contributed by atoms with van der Waals surface area (Å²) in [5, 5.41) is 21.6. The predicted octanol–water partition coefficient (Wildman–Crippen LogP) is 10.3. The van der Waals surface area contributed by atoms with Crippen molar-refractivity contribution >= 4 is 24.0 Å². The number of rotatable bonds is 30. The van der Waals surface area contributed by atoms with Gasteiger partial charge in [-0.1, -0.05) is 90.9 Å². The highest BCUT2D eigenvalue weighted by molar-refractivity contribution is 5.99. The number of unbranched alkanes of at least 4 members (excludes halogenated alkanes) is 12. The standard InChI is InChI=1S/C25H41NO6.C23H36O6/c1-7-8-9-10-11-12-13-14-19(25(28)26-15-16-27)17-20-18(2)21(29-3)23(31-5)24(32-6)22(20)30-4;1-7-8-9-10-11-12-13-14-17(23(24)25)15-18-16(2)19(26-3)21(28-5)22(29-6)20(18)27-4/h17,27H,7-16H2,1-6H3,(H,26,28);15H,7-14H2,1-6H3,(H,24,25)/b19-17+;17-15+. The molecule has 1 amide bonds. The van der Waals surface area contributed by atoms with E-state index in [1.165, 1.54) is 79.8 Å². The second kappa shape index (κ2) is 31.1. The van der Waals surface area contributed by atoms with Crippen molar-refractivity contribution in [2.45, 2.75) is 130 Å². The zero-order valence-electron chi connectivity index (χ0n) is 39.4. The number of hydrogen-bond donors (Lipinski definition) is 3. The average molecular weight is 860 g/mol. The number of carboxylic acid groups (broad SMARTS) is 1. The molecule has 0 spiro atoms. The minimum absolute atomic E-state index is 0.108. The lowest BCUT2D eigenvalue weighted by atomic mass is 9.98. The van der Waals surface area contributed by atoms with E-state index in [0.717, 1.165) is 49.7 Å². The molecule has 13 heteroatoms. The monoisotopic (exact) mass is 860 g/mol. The minimum atomic E-state index is -0.925. The van der Waals surface area contributed by atoms with Gasteiger partial charge in [0, 0.05) is 39.9 Å². The third kappa shape index (κ3) is 16.5. The van der Waals surface area contributed by atoms with Gasteiger partial charge in [-0.15, -0.1) is 0 Å². The number of aliphatic hydroxyl groups excluding tert-OH is 1. The molecule has 13 nitrogen and oxygen atoms in total. The Morgan fingerprint density at radius 3 is 1.11 bits per heavy atom. The van der Waals surface area contributed by atoms with Gasteiger partial charge in [-0.2, -0.15) is 0 Å². The van der Waals surface area contributed by atoms with Crippen LogP contribution in [0.25, 0.3) is 12.2 Å². The topological polar surface area (TPSA) is 160 Å². The molecule has 2 rings (SSSR count). The van der Waals surface area contributed by atoms with Crippen LogP contribution in [0.1, 0.15) is 139 Å². The van der Waals surface area contributed by atoms with Gasteiger partial charge in [-0.25, -0.2) is 4.79 Å². The van der Waals surface area contributed by atoms with Gasteiger partial charge in [0.1, 0.15) is 0 Å². The van der Waals surface area contributed by atoms with E-state index < -0.39 is 5.97 Å². The van der Waals surface area contributed by atoms with E-state index in [4.69, 9.17) is 43.0 Å². The number of hydrogen-bond acceptors (Lipinski definition) is 11. The van der Waals surface area contributed by atoms with Gasteiger partial charge in [0.15, 0.2) is 23.0 Å². The molecule has 0 heterocycles. The zero-order valence-corrected chi connectivity index (χ0v) is 39.4. The number of benzene rings is 2. The number of aliphatic carboxylic acids is 1. The summed E-state index contributed by atoms with van der Waals surface area (Å²) in [6.45, 7) is 8.25. The lowest BCUT2D eigenvalue weighted by Crippen LogP contribution is -2.27. The van der Waals surface area contributed by atoms with Crippen molar-refractivity contribution in [1.82, 2.24) is 5.32 Å². The molecule has 3 N–H and O–H groups in total. The van der Waals surface area contributed by atoms with E-state index in [-0.39, 0.29) is 19.1 Å². The summed E-state index contributed by atoms with van der Waals surface area (Å²) in [5.41, 5.74) is 3.83. The summed E-state index contributed by atoms with van der Waals surface area (Å²) in [7, 11) is 12.3. The highest BCUT2D eigenvalue weighted by Crippen LogP contribution is 2.51. The summed E-state index contributed by atoms with van der Waals surface area (Å²) in [5.74, 6) is 2.48. The molecule has 0 radical (unpaired) electrons. The zero-order chi connectivity index (χ0) is 45.7. The van der Waals surface area contributed by atoms with Gasteiger partial charge in [0.2, 0.25) is 28.9 Å². The molecular weight excluding hydrogens is 783 g/mol. The first-order chi connectivity index (χ1) is 29.5. The number of nitrogens with one attached hydrogen (secondary N) is 1. The Bertz CT molecular complexity index is 1680. The van der Waals surface area contributed by atoms with Crippen molar-refractivity contribution in [2.24, 2.45) is 0 Å². The number of carbonyl (C=O) groups is 2. The van der Waals surface area contributed by atoms with Crippen molar-refractivity contribution in [3.63, 3.8) is 0 Å². The summed E-state index contributed by atoms with van der Waals surface area (Å²) in [6.07, 6.45) is 20.7. The Labute approximate surface area is 366 Å². The van der Waals surface area contributed by atoms with Gasteiger partial charge < -0.3 is 53.4 Å². The van der Waals surface area contributed by atoms with Gasteiger partial charge in [0.25, 0.3) is 0 Å². The molecule has 2 aromatic carbocycles. The number of carboxylic acids is 1. The Morgan fingerprint density at radius 1 is 0.475 bits per heavy atom. The first kappa shape index (κ1) is 54.2. The number of amides is 1. The van der Waals surface area contributed by atoms with Crippen LogP contribution in [-0.4, -0.2) is 92.1 Å². The number of aliphatic hydroxyl groups is 1. The summed E-state index contributed by atoms with van der Waals surface area (Å²) >= 11 is 0. The maximum Gasteiger partial charge on any atom is 0.331 e. The van der Waals surface area contributed by atoms with E-state index in [0.29, 0.717) is 81.1 Å². The Balaban J connectivity index is 0.000000613. The maximum atomic E-state index is 12.8. The van der Waals surface area contributed by atoms with Gasteiger partial charge in [-0.05, 0) is 51.7 Å². The van der Waals surface area contributed by atoms with Gasteiger partial charge in [0.05, 0.1) is 63.5 Å². The van der Waals surface area contributed by atoms with Crippen LogP contribution < -0.4 is 43.2 Å². The molecule has 0 unspecified atom stereocenters. The van der Waals surface area contributed by atoms with Crippen LogP contribution in [0.4, 0.5) is 0 Å². The predicted molar refractivity (Wildman–Crippen MR) is 244 cm³/mol. The molecule has 0 bridgehead atoms. The third-order valence-electron chi connectivity index (χ3n) is 10.5. The van der Waals surface area contributed by atoms with E-state index in [9.17, 15) is 14.7 Å². The van der Waals surface area contributed by atoms with Crippen molar-refractivity contribution in [2.75, 3.05) is 70.0 Å². The molecule has 0 aliphatic carbocycles. The minimum Gasteiger partial charge on any atom is -0.492 e. The fourth-order valence-corrected chi connectivity index (χ4v) is 7.24. The number of ether oxygens (including phenoxy) is 8. The molecule has 0 saturated heterocycles. The number of carbonyl (C=O) groups excluding carboxylic acids is 1. The first-order valence-corrected chi connectivity index (χ1v) is 21.7. The van der Waals surface area contributed by atoms with E-state index in [1.54, 1.807) is 34.5 Å². The summed E-state index contributed by atoms with van der Waals surface area (Å²) in [4.78, 5) is 24.7. The number of methoxy groups -OCH3 is 8. The molecule has 0 aliphatic heterocycles. The summed E-state index contributed by atoms with van der Waals surface area (Å²) in [6, 6.07) is 0. The van der Waals surface area contributed by atoms with E-state index in [2.05, 4.69) is 19.2 Å². The van der Waals surface area contributed by atoms with Gasteiger partial charge >= 0.3 is 5.97 Å². The second-order valence-electron chi connectivity index (χ2n) is 14.7. The molecule has 0 aromatic heterocycles. The second-order valence-corrected chi connectivity index (χ2v) is 14.7. The Kier molecular flexibility index (Phi) is 27.7. The Morgan fingerprint density at radius 2 is 0.787 bits per heavy atom. The van der Waals surface area contributed by atoms with Gasteiger partial charge in [-0.3, -0.25) is 4.79 Å². The lowest BCUT2D eigenvalue weighted by molar-refractivity contribution is -0.132. The van der Waals surface area contributed by atoms with Crippen LogP contribution >= 0.6 is 0 Å². The maximum absolute atomic E-state index is 12.8. The van der Waals surface area contributed by atoms with Crippen LogP contribution in [0.3, 0.4) is 0 Å². The fourth-order valence-electron chi connectivity index (χ4n) is 7.24. The first-order valence-electron chi connectivity index (χ1n) is 21.7. The quantitative estimate of drug-likeness (QED) is 0.0505. The van der Waals surface area contributed by atoms with Crippen molar-refractivity contribution < 1.29 is 57.7 Å². The van der Waals surface area contributed by atoms with Crippen LogP contribution in [0.15, 0.2) is 11.1 Å². The van der Waals surface area contributed by atoms with Crippen molar-refractivity contribution in [3.8, 4) is 46.0 Å². The average Bonchev–Trinajstić information content (AvgIpc) is 3.26. The third-order valence-corrected chi connectivity index (χ3v) is 10.5. The fraction of sp³-hybridized carbons (Fsp3) is 0.625. The summed E-state index contributed by atoms with van der Waals surface area (Å²) < 4.78 is 44.3. The Hall–Kier alpha value is -4.78. The van der Waals surface area contributed by atoms with E-state index in [1.807, 2.05) is 19.9 Å². The smallest absolute Gasteiger partial charge is 0.331 e.